The summed E-state index contributed by atoms with van der Waals surface area (Å²) in [4.78, 5) is 16.3. The topological polar surface area (TPSA) is 63.2 Å². The van der Waals surface area contributed by atoms with Crippen LogP contribution >= 0.6 is 0 Å². The molecule has 0 saturated carbocycles. The van der Waals surface area contributed by atoms with Gasteiger partial charge in [0.05, 0.1) is 18.4 Å². The second-order valence-corrected chi connectivity index (χ2v) is 6.69. The molecule has 0 aliphatic heterocycles. The van der Waals surface area contributed by atoms with Crippen LogP contribution in [0.4, 0.5) is 5.69 Å². The van der Waals surface area contributed by atoms with Crippen molar-refractivity contribution in [1.82, 2.24) is 10.3 Å². The average molecular weight is 327 g/mol. The molecule has 2 aromatic rings. The van der Waals surface area contributed by atoms with Crippen molar-refractivity contribution >= 4 is 11.6 Å². The van der Waals surface area contributed by atoms with Gasteiger partial charge >= 0.3 is 0 Å². The number of benzene rings is 1. The van der Waals surface area contributed by atoms with Crippen molar-refractivity contribution in [2.75, 3.05) is 19.0 Å². The van der Waals surface area contributed by atoms with E-state index < -0.39 is 0 Å². The van der Waals surface area contributed by atoms with Crippen LogP contribution < -0.4 is 15.4 Å². The molecule has 24 heavy (non-hydrogen) atoms. The van der Waals surface area contributed by atoms with Crippen molar-refractivity contribution < 1.29 is 9.53 Å². The van der Waals surface area contributed by atoms with Crippen LogP contribution in [0.3, 0.4) is 0 Å². The van der Waals surface area contributed by atoms with Gasteiger partial charge in [-0.3, -0.25) is 9.78 Å². The lowest BCUT2D eigenvalue weighted by Crippen LogP contribution is -2.40. The number of methoxy groups -OCH3 is 1. The summed E-state index contributed by atoms with van der Waals surface area (Å²) in [7, 11) is 1.66. The highest BCUT2D eigenvalue weighted by atomic mass is 16.5. The third-order valence-corrected chi connectivity index (χ3v) is 3.39. The molecule has 2 N–H and O–H groups in total. The Balaban J connectivity index is 1.90. The molecule has 0 spiro atoms. The first-order chi connectivity index (χ1) is 11.4. The van der Waals surface area contributed by atoms with E-state index in [-0.39, 0.29) is 11.4 Å². The summed E-state index contributed by atoms with van der Waals surface area (Å²) in [5.74, 6) is 0.738. The zero-order valence-electron chi connectivity index (χ0n) is 14.7. The molecule has 0 aliphatic carbocycles. The van der Waals surface area contributed by atoms with Gasteiger partial charge in [-0.25, -0.2) is 0 Å². The summed E-state index contributed by atoms with van der Waals surface area (Å²) in [6, 6.07) is 9.82. The van der Waals surface area contributed by atoms with Crippen molar-refractivity contribution in [2.24, 2.45) is 0 Å². The van der Waals surface area contributed by atoms with Gasteiger partial charge in [0.2, 0.25) is 0 Å². The molecule has 5 nitrogen and oxygen atoms in total. The van der Waals surface area contributed by atoms with E-state index in [0.717, 1.165) is 24.4 Å². The van der Waals surface area contributed by atoms with E-state index in [9.17, 15) is 4.79 Å². The Kier molecular flexibility index (Phi) is 5.79. The minimum Gasteiger partial charge on any atom is -0.497 e. The van der Waals surface area contributed by atoms with Gasteiger partial charge in [0.15, 0.2) is 0 Å². The molecule has 1 aromatic carbocycles. The van der Waals surface area contributed by atoms with Crippen LogP contribution in [0.2, 0.25) is 0 Å². The number of hydrogen-bond acceptors (Lipinski definition) is 4. The number of aromatic nitrogens is 1. The van der Waals surface area contributed by atoms with E-state index in [2.05, 4.69) is 15.6 Å². The molecule has 5 heteroatoms. The molecular formula is C19H25N3O2. The second kappa shape index (κ2) is 7.81. The molecule has 0 unspecified atom stereocenters. The fourth-order valence-corrected chi connectivity index (χ4v) is 2.22. The highest BCUT2D eigenvalue weighted by molar-refractivity contribution is 5.95. The quantitative estimate of drug-likeness (QED) is 0.855. The SMILES string of the molecule is COc1ccc(CCNc2cncc(C(=O)NC(C)(C)C)c2)cc1. The molecule has 1 heterocycles. The second-order valence-electron chi connectivity index (χ2n) is 6.69. The van der Waals surface area contributed by atoms with E-state index in [4.69, 9.17) is 4.74 Å². The number of ether oxygens (including phenoxy) is 1. The number of pyridine rings is 1. The van der Waals surface area contributed by atoms with Gasteiger partial charge in [-0.05, 0) is 51.0 Å². The molecule has 1 amide bonds. The van der Waals surface area contributed by atoms with Gasteiger partial charge in [0.25, 0.3) is 5.91 Å². The molecule has 0 bridgehead atoms. The number of rotatable bonds is 6. The Morgan fingerprint density at radius 2 is 1.88 bits per heavy atom. The summed E-state index contributed by atoms with van der Waals surface area (Å²) >= 11 is 0. The maximum absolute atomic E-state index is 12.2. The smallest absolute Gasteiger partial charge is 0.253 e. The third-order valence-electron chi connectivity index (χ3n) is 3.39. The normalized spacial score (nSPS) is 11.0. The number of anilines is 1. The largest absolute Gasteiger partial charge is 0.497 e. The highest BCUT2D eigenvalue weighted by Crippen LogP contribution is 2.13. The Morgan fingerprint density at radius 1 is 1.17 bits per heavy atom. The lowest BCUT2D eigenvalue weighted by atomic mass is 10.1. The summed E-state index contributed by atoms with van der Waals surface area (Å²) in [5.41, 5.74) is 2.34. The van der Waals surface area contributed by atoms with Gasteiger partial charge in [0.1, 0.15) is 5.75 Å². The Hall–Kier alpha value is -2.56. The molecule has 1 aromatic heterocycles. The summed E-state index contributed by atoms with van der Waals surface area (Å²) in [6.45, 7) is 6.62. The number of carbonyl (C=O) groups is 1. The molecule has 128 valence electrons. The molecule has 0 radical (unpaired) electrons. The van der Waals surface area contributed by atoms with Crippen molar-refractivity contribution in [2.45, 2.75) is 32.7 Å². The number of amides is 1. The van der Waals surface area contributed by atoms with Crippen molar-refractivity contribution in [3.63, 3.8) is 0 Å². The van der Waals surface area contributed by atoms with E-state index in [1.165, 1.54) is 5.56 Å². The molecule has 2 rings (SSSR count). The van der Waals surface area contributed by atoms with E-state index >= 15 is 0 Å². The molecule has 0 atom stereocenters. The first-order valence-electron chi connectivity index (χ1n) is 8.02. The Labute approximate surface area is 143 Å². The van der Waals surface area contributed by atoms with Crippen LogP contribution in [0.15, 0.2) is 42.7 Å². The maximum Gasteiger partial charge on any atom is 0.253 e. The first kappa shape index (κ1) is 17.8. The number of nitrogens with zero attached hydrogens (tertiary/aromatic N) is 1. The molecule has 0 aliphatic rings. The fourth-order valence-electron chi connectivity index (χ4n) is 2.22. The zero-order chi connectivity index (χ0) is 17.6. The van der Waals surface area contributed by atoms with E-state index in [0.29, 0.717) is 5.56 Å². The maximum atomic E-state index is 12.2. The summed E-state index contributed by atoms with van der Waals surface area (Å²) < 4.78 is 5.15. The lowest BCUT2D eigenvalue weighted by Gasteiger charge is -2.20. The predicted octanol–water partition coefficient (Wildman–Crippen LogP) is 3.27. The minimum atomic E-state index is -0.269. The monoisotopic (exact) mass is 327 g/mol. The minimum absolute atomic E-state index is 0.117. The van der Waals surface area contributed by atoms with Crippen LogP contribution in [0.25, 0.3) is 0 Å². The van der Waals surface area contributed by atoms with Crippen molar-refractivity contribution in [3.8, 4) is 5.75 Å². The molecule has 0 fully saturated rings. The molecule has 0 saturated heterocycles. The summed E-state index contributed by atoms with van der Waals surface area (Å²) in [6.07, 6.45) is 4.18. The van der Waals surface area contributed by atoms with E-state index in [1.807, 2.05) is 51.1 Å². The molecular weight excluding hydrogens is 302 g/mol. The van der Waals surface area contributed by atoms with Gasteiger partial charge < -0.3 is 15.4 Å². The van der Waals surface area contributed by atoms with Gasteiger partial charge in [-0.15, -0.1) is 0 Å². The van der Waals surface area contributed by atoms with Crippen LogP contribution in [0.5, 0.6) is 5.75 Å². The zero-order valence-corrected chi connectivity index (χ0v) is 14.7. The lowest BCUT2D eigenvalue weighted by molar-refractivity contribution is 0.0919. The Bertz CT molecular complexity index is 676. The number of hydrogen-bond donors (Lipinski definition) is 2. The van der Waals surface area contributed by atoms with Gasteiger partial charge in [-0.1, -0.05) is 12.1 Å². The van der Waals surface area contributed by atoms with Crippen LogP contribution in [-0.2, 0) is 6.42 Å². The van der Waals surface area contributed by atoms with Crippen LogP contribution in [0, 0.1) is 0 Å². The van der Waals surface area contributed by atoms with Crippen molar-refractivity contribution in [3.05, 3.63) is 53.9 Å². The third kappa shape index (κ3) is 5.57. The Morgan fingerprint density at radius 3 is 2.50 bits per heavy atom. The number of carbonyl (C=O) groups excluding carboxylic acids is 1. The fraction of sp³-hybridized carbons (Fsp3) is 0.368. The van der Waals surface area contributed by atoms with Gasteiger partial charge in [0, 0.05) is 24.5 Å². The number of nitrogens with one attached hydrogen (secondary N) is 2. The first-order valence-corrected chi connectivity index (χ1v) is 8.02. The standard InChI is InChI=1S/C19H25N3O2/c1-19(2,3)22-18(23)15-11-16(13-20-12-15)21-10-9-14-5-7-17(24-4)8-6-14/h5-8,11-13,21H,9-10H2,1-4H3,(H,22,23). The van der Waals surface area contributed by atoms with E-state index in [1.54, 1.807) is 19.5 Å². The summed E-state index contributed by atoms with van der Waals surface area (Å²) in [5, 5.41) is 6.24. The van der Waals surface area contributed by atoms with Gasteiger partial charge in [-0.2, -0.15) is 0 Å². The highest BCUT2D eigenvalue weighted by Gasteiger charge is 2.15. The van der Waals surface area contributed by atoms with Crippen LogP contribution in [0.1, 0.15) is 36.7 Å². The predicted molar refractivity (Wildman–Crippen MR) is 96.6 cm³/mol. The van der Waals surface area contributed by atoms with Crippen LogP contribution in [-0.4, -0.2) is 30.1 Å². The average Bonchev–Trinajstić information content (AvgIpc) is 2.54. The van der Waals surface area contributed by atoms with Crippen molar-refractivity contribution in [1.29, 1.82) is 0 Å².